The van der Waals surface area contributed by atoms with Crippen molar-refractivity contribution in [3.8, 4) is 5.75 Å². The van der Waals surface area contributed by atoms with Gasteiger partial charge in [-0.3, -0.25) is 0 Å². The molecule has 0 saturated heterocycles. The first kappa shape index (κ1) is 30.5. The van der Waals surface area contributed by atoms with E-state index < -0.39 is 20.2 Å². The van der Waals surface area contributed by atoms with E-state index in [9.17, 15) is 9.50 Å². The Morgan fingerprint density at radius 2 is 1.46 bits per heavy atom. The van der Waals surface area contributed by atoms with Gasteiger partial charge in [-0.15, -0.1) is 0 Å². The van der Waals surface area contributed by atoms with E-state index in [4.69, 9.17) is 13.9 Å². The van der Waals surface area contributed by atoms with Gasteiger partial charge in [0.15, 0.2) is 0 Å². The van der Waals surface area contributed by atoms with Gasteiger partial charge in [0.25, 0.3) is 8.32 Å². The van der Waals surface area contributed by atoms with Crippen molar-refractivity contribution in [2.24, 2.45) is 0 Å². The van der Waals surface area contributed by atoms with Crippen LogP contribution in [0.1, 0.15) is 39.2 Å². The van der Waals surface area contributed by atoms with Crippen LogP contribution in [0.3, 0.4) is 0 Å². The number of hydrogen-bond acceptors (Lipinski definition) is 4. The first-order chi connectivity index (χ1) is 18.8. The van der Waals surface area contributed by atoms with Gasteiger partial charge in [-0.2, -0.15) is 0 Å². The maximum atomic E-state index is 14.6. The smallest absolute Gasteiger partial charge is 0.261 e. The fraction of sp³-hybridized carbons (Fsp3) is 0.333. The molecule has 3 rings (SSSR count). The summed E-state index contributed by atoms with van der Waals surface area (Å²) in [6.07, 6.45) is 4.30. The van der Waals surface area contributed by atoms with Crippen LogP contribution >= 0.6 is 0 Å². The Morgan fingerprint density at radius 1 is 0.872 bits per heavy atom. The van der Waals surface area contributed by atoms with E-state index in [0.29, 0.717) is 32.7 Å². The highest BCUT2D eigenvalue weighted by molar-refractivity contribution is 6.99. The minimum atomic E-state index is -2.66. The van der Waals surface area contributed by atoms with Crippen LogP contribution in [-0.4, -0.2) is 39.9 Å². The Labute approximate surface area is 233 Å². The van der Waals surface area contributed by atoms with Crippen LogP contribution in [0.15, 0.2) is 109 Å². The standard InChI is InChI=1S/C33H41FO4Si/c1-33(2,3)39(29-14-7-5-8-15-29,30-16-9-6-10-17-30)38-25-13-18-31(34)32(35)19-11-12-24-37-26-27-20-22-28(36-4)23-21-27/h5-11,14-23,32,35H,12-13,24-26H2,1-4H3/b19-11-,31-18+. The van der Waals surface area contributed by atoms with Crippen molar-refractivity contribution in [3.63, 3.8) is 0 Å². The second-order valence-electron chi connectivity index (χ2n) is 10.5. The van der Waals surface area contributed by atoms with Gasteiger partial charge in [0.2, 0.25) is 0 Å². The summed E-state index contributed by atoms with van der Waals surface area (Å²) in [4.78, 5) is 0. The molecule has 0 bridgehead atoms. The van der Waals surface area contributed by atoms with Gasteiger partial charge < -0.3 is 19.0 Å². The fourth-order valence-corrected chi connectivity index (χ4v) is 9.25. The zero-order valence-electron chi connectivity index (χ0n) is 23.5. The van der Waals surface area contributed by atoms with Crippen LogP contribution in [-0.2, 0) is 15.8 Å². The minimum absolute atomic E-state index is 0.143. The lowest BCUT2D eigenvalue weighted by molar-refractivity contribution is 0.125. The molecule has 39 heavy (non-hydrogen) atoms. The maximum absolute atomic E-state index is 14.6. The number of methoxy groups -OCH3 is 1. The average molecular weight is 549 g/mol. The molecule has 4 nitrogen and oxygen atoms in total. The van der Waals surface area contributed by atoms with Crippen molar-refractivity contribution in [2.45, 2.75) is 51.4 Å². The molecule has 3 aromatic carbocycles. The lowest BCUT2D eigenvalue weighted by Crippen LogP contribution is -2.66. The summed E-state index contributed by atoms with van der Waals surface area (Å²) in [6.45, 7) is 7.96. The number of benzene rings is 3. The maximum Gasteiger partial charge on any atom is 0.261 e. The minimum Gasteiger partial charge on any atom is -0.497 e. The third-order valence-electron chi connectivity index (χ3n) is 6.65. The third-order valence-corrected chi connectivity index (χ3v) is 11.7. The number of aliphatic hydroxyl groups excluding tert-OH is 1. The molecule has 208 valence electrons. The molecular weight excluding hydrogens is 507 g/mol. The van der Waals surface area contributed by atoms with Crippen LogP contribution in [0.25, 0.3) is 0 Å². The van der Waals surface area contributed by atoms with Crippen molar-refractivity contribution in [3.05, 3.63) is 115 Å². The number of aliphatic hydroxyl groups is 1. The van der Waals surface area contributed by atoms with Crippen LogP contribution in [0, 0.1) is 0 Å². The molecule has 1 atom stereocenters. The lowest BCUT2D eigenvalue weighted by atomic mass is 10.2. The molecule has 0 aliphatic heterocycles. The summed E-state index contributed by atoms with van der Waals surface area (Å²) >= 11 is 0. The van der Waals surface area contributed by atoms with E-state index in [1.54, 1.807) is 13.2 Å². The highest BCUT2D eigenvalue weighted by atomic mass is 28.4. The molecule has 0 radical (unpaired) electrons. The Kier molecular flexibility index (Phi) is 11.7. The quantitative estimate of drug-likeness (QED) is 0.145. The van der Waals surface area contributed by atoms with Crippen molar-refractivity contribution in [1.29, 1.82) is 0 Å². The van der Waals surface area contributed by atoms with E-state index in [0.717, 1.165) is 11.3 Å². The molecule has 0 amide bonds. The fourth-order valence-electron chi connectivity index (χ4n) is 4.67. The molecule has 0 aromatic heterocycles. The van der Waals surface area contributed by atoms with Gasteiger partial charge in [-0.25, -0.2) is 4.39 Å². The number of hydrogen-bond donors (Lipinski definition) is 1. The normalized spacial score (nSPS) is 13.5. The Morgan fingerprint density at radius 3 is 2.00 bits per heavy atom. The predicted molar refractivity (Wildman–Crippen MR) is 160 cm³/mol. The topological polar surface area (TPSA) is 47.9 Å². The van der Waals surface area contributed by atoms with Crippen LogP contribution in [0.2, 0.25) is 5.04 Å². The Balaban J connectivity index is 1.53. The van der Waals surface area contributed by atoms with Crippen LogP contribution in [0.4, 0.5) is 4.39 Å². The molecule has 0 fully saturated rings. The SMILES string of the molecule is COc1ccc(COCC/C=C\C(O)/C(F)=C\CCO[Si](c2ccccc2)(c2ccccc2)C(C)(C)C)cc1. The molecular formula is C33H41FO4Si. The zero-order chi connectivity index (χ0) is 28.1. The highest BCUT2D eigenvalue weighted by Gasteiger charge is 2.49. The van der Waals surface area contributed by atoms with Gasteiger partial charge in [-0.1, -0.05) is 106 Å². The van der Waals surface area contributed by atoms with E-state index in [-0.39, 0.29) is 5.04 Å². The highest BCUT2D eigenvalue weighted by Crippen LogP contribution is 2.36. The molecule has 6 heteroatoms. The molecule has 0 spiro atoms. The molecule has 3 aromatic rings. The molecule has 1 unspecified atom stereocenters. The molecule has 0 heterocycles. The summed E-state index contributed by atoms with van der Waals surface area (Å²) in [5.41, 5.74) is 1.05. The Hall–Kier alpha value is -3.03. The van der Waals surface area contributed by atoms with E-state index >= 15 is 0 Å². The third kappa shape index (κ3) is 8.47. The van der Waals surface area contributed by atoms with E-state index in [1.165, 1.54) is 22.5 Å². The molecule has 1 N–H and O–H groups in total. The Bertz CT molecular complexity index is 1130. The van der Waals surface area contributed by atoms with Crippen LogP contribution < -0.4 is 15.1 Å². The zero-order valence-corrected chi connectivity index (χ0v) is 24.5. The average Bonchev–Trinajstić information content (AvgIpc) is 2.95. The van der Waals surface area contributed by atoms with Gasteiger partial charge in [0.05, 0.1) is 20.3 Å². The molecule has 0 saturated carbocycles. The van der Waals surface area contributed by atoms with E-state index in [1.807, 2.05) is 60.7 Å². The first-order valence-corrected chi connectivity index (χ1v) is 15.3. The number of halogens is 1. The van der Waals surface area contributed by atoms with Crippen molar-refractivity contribution >= 4 is 18.7 Å². The first-order valence-electron chi connectivity index (χ1n) is 13.4. The number of rotatable bonds is 14. The predicted octanol–water partition coefficient (Wildman–Crippen LogP) is 6.34. The molecule has 0 aliphatic rings. The van der Waals surface area contributed by atoms with Gasteiger partial charge in [0, 0.05) is 6.61 Å². The summed E-state index contributed by atoms with van der Waals surface area (Å²) in [6, 6.07) is 28.4. The largest absolute Gasteiger partial charge is 0.497 e. The summed E-state index contributed by atoms with van der Waals surface area (Å²) in [7, 11) is -1.03. The van der Waals surface area contributed by atoms with Crippen molar-refractivity contribution in [1.82, 2.24) is 0 Å². The monoisotopic (exact) mass is 548 g/mol. The van der Waals surface area contributed by atoms with Crippen molar-refractivity contribution in [2.75, 3.05) is 20.3 Å². The lowest BCUT2D eigenvalue weighted by Gasteiger charge is -2.43. The summed E-state index contributed by atoms with van der Waals surface area (Å²) in [5, 5.41) is 12.5. The van der Waals surface area contributed by atoms with Gasteiger partial charge in [-0.05, 0) is 52.0 Å². The number of ether oxygens (including phenoxy) is 2. The second-order valence-corrected chi connectivity index (χ2v) is 14.8. The van der Waals surface area contributed by atoms with Gasteiger partial charge in [0.1, 0.15) is 17.7 Å². The molecule has 0 aliphatic carbocycles. The summed E-state index contributed by atoms with van der Waals surface area (Å²) in [5.74, 6) is 0.233. The van der Waals surface area contributed by atoms with Crippen LogP contribution in [0.5, 0.6) is 5.75 Å². The van der Waals surface area contributed by atoms with Crippen molar-refractivity contribution < 1.29 is 23.4 Å². The van der Waals surface area contributed by atoms with E-state index in [2.05, 4.69) is 45.0 Å². The second kappa shape index (κ2) is 14.9. The van der Waals surface area contributed by atoms with Gasteiger partial charge >= 0.3 is 0 Å². The summed E-state index contributed by atoms with van der Waals surface area (Å²) < 4.78 is 32.2.